The molecular weight excluding hydrogens is 384 g/mol. The molecule has 5 heteroatoms. The lowest BCUT2D eigenvalue weighted by molar-refractivity contribution is 0.483. The molecule has 2 aromatic heterocycles. The molecule has 0 atom stereocenters. The molecule has 3 aromatic carbocycles. The summed E-state index contributed by atoms with van der Waals surface area (Å²) in [5.74, 6) is 2.04. The number of aryl methyl sites for hydroxylation is 1. The number of nitrogens with two attached hydrogens (primary N) is 1. The first-order valence-electron chi connectivity index (χ1n) is 10.3. The number of nitrogen functional groups attached to an aromatic ring is 1. The fourth-order valence-electron chi connectivity index (χ4n) is 3.76. The quantitative estimate of drug-likeness (QED) is 0.363. The van der Waals surface area contributed by atoms with Gasteiger partial charge in [0, 0.05) is 17.3 Å². The second-order valence-corrected chi connectivity index (χ2v) is 7.37. The highest BCUT2D eigenvalue weighted by Crippen LogP contribution is 2.36. The minimum absolute atomic E-state index is 0.463. The molecule has 152 valence electrons. The van der Waals surface area contributed by atoms with Gasteiger partial charge in [0.2, 0.25) is 0 Å². The zero-order valence-corrected chi connectivity index (χ0v) is 17.2. The number of ether oxygens (including phenoxy) is 1. The summed E-state index contributed by atoms with van der Waals surface area (Å²) in [5, 5.41) is 8.23. The van der Waals surface area contributed by atoms with Crippen LogP contribution in [-0.4, -0.2) is 15.2 Å². The molecule has 5 nitrogen and oxygen atoms in total. The first kappa shape index (κ1) is 18.9. The average molecular weight is 406 g/mol. The number of fused-ring (bicyclic) bond motifs is 1. The van der Waals surface area contributed by atoms with Crippen LogP contribution in [0.3, 0.4) is 0 Å². The predicted molar refractivity (Wildman–Crippen MR) is 125 cm³/mol. The maximum atomic E-state index is 6.25. The van der Waals surface area contributed by atoms with Crippen molar-refractivity contribution in [1.29, 1.82) is 0 Å². The molecule has 0 saturated heterocycles. The van der Waals surface area contributed by atoms with E-state index in [4.69, 9.17) is 15.5 Å². The second kappa shape index (κ2) is 7.95. The third-order valence-electron chi connectivity index (χ3n) is 5.38. The highest BCUT2D eigenvalue weighted by molar-refractivity contribution is 6.06. The summed E-state index contributed by atoms with van der Waals surface area (Å²) in [6, 6.07) is 26.0. The molecule has 0 aliphatic heterocycles. The topological polar surface area (TPSA) is 76.8 Å². The van der Waals surface area contributed by atoms with Crippen molar-refractivity contribution in [2.45, 2.75) is 13.3 Å². The number of hydrogen-bond acceptors (Lipinski definition) is 4. The van der Waals surface area contributed by atoms with Gasteiger partial charge in [-0.2, -0.15) is 5.10 Å². The number of H-pyrrole nitrogens is 1. The van der Waals surface area contributed by atoms with Gasteiger partial charge >= 0.3 is 0 Å². The van der Waals surface area contributed by atoms with Crippen molar-refractivity contribution in [3.8, 4) is 33.9 Å². The molecule has 0 radical (unpaired) electrons. The maximum absolute atomic E-state index is 6.25. The fourth-order valence-corrected chi connectivity index (χ4v) is 3.76. The van der Waals surface area contributed by atoms with E-state index in [9.17, 15) is 0 Å². The van der Waals surface area contributed by atoms with E-state index in [0.717, 1.165) is 51.2 Å². The van der Waals surface area contributed by atoms with E-state index >= 15 is 0 Å². The standard InChI is InChI=1S/C26H22N4O/c1-2-17-7-6-8-19(15-17)24-25-23(26(27)30-29-25)22(16-28-24)18-11-13-21(14-12-18)31-20-9-4-3-5-10-20/h3-16H,2H2,1H3,(H3,27,29,30). The Kier molecular flexibility index (Phi) is 4.84. The lowest BCUT2D eigenvalue weighted by Crippen LogP contribution is -1.92. The smallest absolute Gasteiger partial charge is 0.153 e. The number of anilines is 1. The van der Waals surface area contributed by atoms with Crippen LogP contribution in [0.15, 0.2) is 85.1 Å². The van der Waals surface area contributed by atoms with Crippen molar-refractivity contribution < 1.29 is 4.74 Å². The summed E-state index contributed by atoms with van der Waals surface area (Å²) in [5.41, 5.74) is 12.2. The van der Waals surface area contributed by atoms with Crippen LogP contribution in [0.4, 0.5) is 5.82 Å². The van der Waals surface area contributed by atoms with Crippen LogP contribution in [0.25, 0.3) is 33.3 Å². The van der Waals surface area contributed by atoms with E-state index in [-0.39, 0.29) is 0 Å². The summed E-state index contributed by atoms with van der Waals surface area (Å²) in [6.07, 6.45) is 2.84. The summed E-state index contributed by atoms with van der Waals surface area (Å²) in [7, 11) is 0. The van der Waals surface area contributed by atoms with E-state index in [1.54, 1.807) is 0 Å². The highest BCUT2D eigenvalue weighted by Gasteiger charge is 2.16. The highest BCUT2D eigenvalue weighted by atomic mass is 16.5. The number of para-hydroxylation sites is 1. The predicted octanol–water partition coefficient (Wildman–Crippen LogP) is 6.23. The molecule has 0 fully saturated rings. The second-order valence-electron chi connectivity index (χ2n) is 7.37. The van der Waals surface area contributed by atoms with E-state index in [1.165, 1.54) is 5.56 Å². The van der Waals surface area contributed by atoms with E-state index in [1.807, 2.05) is 60.8 Å². The number of aromatic amines is 1. The summed E-state index contributed by atoms with van der Waals surface area (Å²) < 4.78 is 5.91. The lowest BCUT2D eigenvalue weighted by Gasteiger charge is -2.10. The Morgan fingerprint density at radius 1 is 0.871 bits per heavy atom. The number of aromatic nitrogens is 3. The maximum Gasteiger partial charge on any atom is 0.153 e. The minimum Gasteiger partial charge on any atom is -0.457 e. The SMILES string of the molecule is CCc1cccc(-c2ncc(-c3ccc(Oc4ccccc4)cc3)c3c(N)n[nH]c23)c1. The Balaban J connectivity index is 1.54. The molecule has 3 N–H and O–H groups in total. The molecule has 0 spiro atoms. The number of nitrogens with one attached hydrogen (secondary N) is 1. The van der Waals surface area contributed by atoms with Gasteiger partial charge < -0.3 is 10.5 Å². The number of pyridine rings is 1. The third kappa shape index (κ3) is 3.62. The summed E-state index contributed by atoms with van der Waals surface area (Å²) >= 11 is 0. The van der Waals surface area contributed by atoms with Crippen LogP contribution < -0.4 is 10.5 Å². The van der Waals surface area contributed by atoms with Crippen LogP contribution >= 0.6 is 0 Å². The van der Waals surface area contributed by atoms with Crippen LogP contribution in [0.5, 0.6) is 11.5 Å². The molecule has 0 aliphatic rings. The Morgan fingerprint density at radius 3 is 2.42 bits per heavy atom. The van der Waals surface area contributed by atoms with E-state index < -0.39 is 0 Å². The average Bonchev–Trinajstić information content (AvgIpc) is 3.21. The van der Waals surface area contributed by atoms with Gasteiger partial charge in [0.1, 0.15) is 11.5 Å². The van der Waals surface area contributed by atoms with Gasteiger partial charge in [0.25, 0.3) is 0 Å². The van der Waals surface area contributed by atoms with Gasteiger partial charge in [0.05, 0.1) is 16.6 Å². The molecule has 5 aromatic rings. The zero-order chi connectivity index (χ0) is 21.2. The van der Waals surface area contributed by atoms with E-state index in [0.29, 0.717) is 5.82 Å². The fraction of sp³-hybridized carbons (Fsp3) is 0.0769. The molecule has 2 heterocycles. The van der Waals surface area contributed by atoms with Gasteiger partial charge in [-0.1, -0.05) is 55.5 Å². The van der Waals surface area contributed by atoms with Crippen LogP contribution in [0.1, 0.15) is 12.5 Å². The zero-order valence-electron chi connectivity index (χ0n) is 17.2. The van der Waals surface area contributed by atoms with Gasteiger partial charge in [-0.15, -0.1) is 0 Å². The van der Waals surface area contributed by atoms with Crippen LogP contribution in [0.2, 0.25) is 0 Å². The first-order valence-corrected chi connectivity index (χ1v) is 10.3. The molecule has 0 bridgehead atoms. The molecule has 0 saturated carbocycles. The van der Waals surface area contributed by atoms with Gasteiger partial charge in [0.15, 0.2) is 5.82 Å². The number of rotatable bonds is 5. The Bertz CT molecular complexity index is 1340. The minimum atomic E-state index is 0.463. The lowest BCUT2D eigenvalue weighted by atomic mass is 9.99. The number of nitrogens with zero attached hydrogens (tertiary/aromatic N) is 2. The first-order chi connectivity index (χ1) is 15.2. The van der Waals surface area contributed by atoms with E-state index in [2.05, 4.69) is 41.4 Å². The molecule has 0 aliphatic carbocycles. The van der Waals surface area contributed by atoms with Crippen molar-refractivity contribution in [3.63, 3.8) is 0 Å². The Labute approximate surface area is 180 Å². The normalized spacial score (nSPS) is 11.0. The van der Waals surface area contributed by atoms with Crippen molar-refractivity contribution in [2.75, 3.05) is 5.73 Å². The van der Waals surface area contributed by atoms with Crippen LogP contribution in [-0.2, 0) is 6.42 Å². The molecule has 31 heavy (non-hydrogen) atoms. The van der Waals surface area contributed by atoms with Gasteiger partial charge in [-0.3, -0.25) is 10.1 Å². The largest absolute Gasteiger partial charge is 0.457 e. The number of benzene rings is 3. The monoisotopic (exact) mass is 406 g/mol. The molecule has 5 rings (SSSR count). The van der Waals surface area contributed by atoms with Crippen LogP contribution in [0, 0.1) is 0 Å². The van der Waals surface area contributed by atoms with Crippen molar-refractivity contribution in [1.82, 2.24) is 15.2 Å². The molecular formula is C26H22N4O. The number of hydrogen-bond donors (Lipinski definition) is 2. The van der Waals surface area contributed by atoms with Crippen molar-refractivity contribution >= 4 is 16.7 Å². The molecule has 0 unspecified atom stereocenters. The summed E-state index contributed by atoms with van der Waals surface area (Å²) in [6.45, 7) is 2.14. The Hall–Kier alpha value is -4.12. The summed E-state index contributed by atoms with van der Waals surface area (Å²) in [4.78, 5) is 4.77. The van der Waals surface area contributed by atoms with Gasteiger partial charge in [-0.05, 0) is 47.9 Å². The molecule has 0 amide bonds. The van der Waals surface area contributed by atoms with Crippen molar-refractivity contribution in [3.05, 3.63) is 90.6 Å². The third-order valence-corrected chi connectivity index (χ3v) is 5.38. The Morgan fingerprint density at radius 2 is 1.65 bits per heavy atom. The van der Waals surface area contributed by atoms with Crippen molar-refractivity contribution in [2.24, 2.45) is 0 Å². The van der Waals surface area contributed by atoms with Gasteiger partial charge in [-0.25, -0.2) is 0 Å².